The summed E-state index contributed by atoms with van der Waals surface area (Å²) in [4.78, 5) is 11.2. The number of aromatic nitrogens is 4. The van der Waals surface area contributed by atoms with Crippen molar-refractivity contribution in [2.24, 2.45) is 0 Å². The Kier molecular flexibility index (Phi) is 4.17. The van der Waals surface area contributed by atoms with Gasteiger partial charge in [0.25, 0.3) is 5.95 Å². The van der Waals surface area contributed by atoms with E-state index in [9.17, 15) is 4.39 Å². The summed E-state index contributed by atoms with van der Waals surface area (Å²) in [5.41, 5.74) is 2.26. The number of hydrogen-bond acceptors (Lipinski definition) is 4. The van der Waals surface area contributed by atoms with Crippen LogP contribution in [0.2, 0.25) is 0 Å². The summed E-state index contributed by atoms with van der Waals surface area (Å²) in [5.74, 6) is 1.35. The maximum atomic E-state index is 13.2. The fourth-order valence-electron chi connectivity index (χ4n) is 3.38. The smallest absolute Gasteiger partial charge is 0.252 e. The standard InChI is InChI=1S/C19H20FN5/c1-14-13-18(22-19(21-14)25-12-9-17(20)23-25)24-10-7-16(8-11-24)15-5-3-2-4-6-15/h2-6,9,12-13,16H,7-8,10-11H2,1H3. The second kappa shape index (κ2) is 6.63. The summed E-state index contributed by atoms with van der Waals surface area (Å²) in [7, 11) is 0. The van der Waals surface area contributed by atoms with Gasteiger partial charge < -0.3 is 4.90 Å². The number of benzene rings is 1. The van der Waals surface area contributed by atoms with Crippen LogP contribution >= 0.6 is 0 Å². The maximum Gasteiger partial charge on any atom is 0.252 e. The van der Waals surface area contributed by atoms with Gasteiger partial charge >= 0.3 is 0 Å². The first kappa shape index (κ1) is 15.7. The number of aryl methyl sites for hydroxylation is 1. The second-order valence-corrected chi connectivity index (χ2v) is 6.42. The average Bonchev–Trinajstić information content (AvgIpc) is 3.09. The number of piperidine rings is 1. The van der Waals surface area contributed by atoms with Gasteiger partial charge in [-0.15, -0.1) is 5.10 Å². The molecule has 0 unspecified atom stereocenters. The van der Waals surface area contributed by atoms with Crippen LogP contribution < -0.4 is 4.90 Å². The number of rotatable bonds is 3. The van der Waals surface area contributed by atoms with E-state index in [1.54, 1.807) is 0 Å². The lowest BCUT2D eigenvalue weighted by Crippen LogP contribution is -2.33. The van der Waals surface area contributed by atoms with E-state index in [1.807, 2.05) is 13.0 Å². The number of nitrogens with zero attached hydrogens (tertiary/aromatic N) is 5. The second-order valence-electron chi connectivity index (χ2n) is 6.42. The van der Waals surface area contributed by atoms with E-state index in [0.29, 0.717) is 11.9 Å². The predicted octanol–water partition coefficient (Wildman–Crippen LogP) is 3.49. The van der Waals surface area contributed by atoms with E-state index in [-0.39, 0.29) is 0 Å². The predicted molar refractivity (Wildman–Crippen MR) is 94.5 cm³/mol. The van der Waals surface area contributed by atoms with E-state index in [1.165, 1.54) is 22.5 Å². The summed E-state index contributed by atoms with van der Waals surface area (Å²) >= 11 is 0. The molecule has 25 heavy (non-hydrogen) atoms. The molecule has 0 amide bonds. The van der Waals surface area contributed by atoms with Crippen LogP contribution in [0.25, 0.3) is 5.95 Å². The van der Waals surface area contributed by atoms with E-state index < -0.39 is 5.95 Å². The molecule has 0 atom stereocenters. The molecule has 128 valence electrons. The summed E-state index contributed by atoms with van der Waals surface area (Å²) in [6, 6.07) is 14.0. The van der Waals surface area contributed by atoms with Crippen LogP contribution in [0, 0.1) is 12.9 Å². The van der Waals surface area contributed by atoms with Crippen LogP contribution in [0.5, 0.6) is 0 Å². The summed E-state index contributed by atoms with van der Waals surface area (Å²) in [5, 5.41) is 3.77. The molecule has 0 saturated carbocycles. The zero-order valence-electron chi connectivity index (χ0n) is 14.1. The molecule has 1 aliphatic heterocycles. The van der Waals surface area contributed by atoms with Crippen molar-refractivity contribution in [3.63, 3.8) is 0 Å². The Labute approximate surface area is 146 Å². The minimum absolute atomic E-state index is 0.407. The Morgan fingerprint density at radius 1 is 1.04 bits per heavy atom. The van der Waals surface area contributed by atoms with Crippen LogP contribution in [0.15, 0.2) is 48.7 Å². The molecular weight excluding hydrogens is 317 g/mol. The van der Waals surface area contributed by atoms with Gasteiger partial charge in [-0.2, -0.15) is 9.37 Å². The molecule has 1 aromatic carbocycles. The Morgan fingerprint density at radius 2 is 1.80 bits per heavy atom. The lowest BCUT2D eigenvalue weighted by atomic mass is 9.89. The van der Waals surface area contributed by atoms with Gasteiger partial charge in [-0.1, -0.05) is 30.3 Å². The molecule has 0 aliphatic carbocycles. The topological polar surface area (TPSA) is 46.8 Å². The molecule has 2 aromatic heterocycles. The van der Waals surface area contributed by atoms with Crippen molar-refractivity contribution < 1.29 is 4.39 Å². The highest BCUT2D eigenvalue weighted by Gasteiger charge is 2.22. The Hall–Kier alpha value is -2.76. The zero-order valence-corrected chi connectivity index (χ0v) is 14.1. The lowest BCUT2D eigenvalue weighted by molar-refractivity contribution is 0.501. The third-order valence-electron chi connectivity index (χ3n) is 4.68. The SMILES string of the molecule is Cc1cc(N2CCC(c3ccccc3)CC2)nc(-n2ccc(F)n2)n1. The van der Waals surface area contributed by atoms with Gasteiger partial charge in [0.1, 0.15) is 5.82 Å². The zero-order chi connectivity index (χ0) is 17.2. The largest absolute Gasteiger partial charge is 0.356 e. The van der Waals surface area contributed by atoms with E-state index >= 15 is 0 Å². The minimum Gasteiger partial charge on any atom is -0.356 e. The van der Waals surface area contributed by atoms with Crippen LogP contribution in [0.1, 0.15) is 30.0 Å². The quantitative estimate of drug-likeness (QED) is 0.734. The molecule has 0 bridgehead atoms. The highest BCUT2D eigenvalue weighted by molar-refractivity contribution is 5.42. The molecule has 3 heterocycles. The first-order valence-corrected chi connectivity index (χ1v) is 8.56. The normalized spacial score (nSPS) is 15.5. The Balaban J connectivity index is 1.52. The van der Waals surface area contributed by atoms with Gasteiger partial charge in [0.15, 0.2) is 0 Å². The lowest BCUT2D eigenvalue weighted by Gasteiger charge is -2.33. The van der Waals surface area contributed by atoms with Crippen molar-refractivity contribution in [3.05, 3.63) is 65.9 Å². The van der Waals surface area contributed by atoms with Crippen molar-refractivity contribution in [1.82, 2.24) is 19.7 Å². The van der Waals surface area contributed by atoms with Gasteiger partial charge in [-0.3, -0.25) is 0 Å². The van der Waals surface area contributed by atoms with E-state index in [0.717, 1.165) is 37.4 Å². The van der Waals surface area contributed by atoms with Gasteiger partial charge in [-0.25, -0.2) is 9.67 Å². The molecule has 5 nitrogen and oxygen atoms in total. The molecule has 0 radical (unpaired) electrons. The monoisotopic (exact) mass is 337 g/mol. The number of halogens is 1. The summed E-state index contributed by atoms with van der Waals surface area (Å²) in [6.07, 6.45) is 3.73. The molecule has 4 rings (SSSR count). The highest BCUT2D eigenvalue weighted by atomic mass is 19.1. The van der Waals surface area contributed by atoms with Crippen molar-refractivity contribution in [3.8, 4) is 5.95 Å². The maximum absolute atomic E-state index is 13.2. The molecule has 1 saturated heterocycles. The number of hydrogen-bond donors (Lipinski definition) is 0. The first-order chi connectivity index (χ1) is 12.2. The van der Waals surface area contributed by atoms with Gasteiger partial charge in [-0.05, 0) is 31.2 Å². The van der Waals surface area contributed by atoms with Crippen molar-refractivity contribution in [2.45, 2.75) is 25.7 Å². The molecule has 1 fully saturated rings. The summed E-state index contributed by atoms with van der Waals surface area (Å²) < 4.78 is 14.6. The molecule has 3 aromatic rings. The Bertz CT molecular complexity index is 853. The van der Waals surface area contributed by atoms with Crippen LogP contribution in [-0.2, 0) is 0 Å². The first-order valence-electron chi connectivity index (χ1n) is 8.56. The molecule has 1 aliphatic rings. The average molecular weight is 337 g/mol. The van der Waals surface area contributed by atoms with Crippen LogP contribution in [0.3, 0.4) is 0 Å². The molecular formula is C19H20FN5. The fourth-order valence-corrected chi connectivity index (χ4v) is 3.38. The molecule has 6 heteroatoms. The molecule has 0 N–H and O–H groups in total. The van der Waals surface area contributed by atoms with Crippen LogP contribution in [0.4, 0.5) is 10.2 Å². The molecule has 0 spiro atoms. The van der Waals surface area contributed by atoms with Gasteiger partial charge in [0.05, 0.1) is 0 Å². The van der Waals surface area contributed by atoms with E-state index in [4.69, 9.17) is 0 Å². The van der Waals surface area contributed by atoms with Gasteiger partial charge in [0, 0.05) is 37.1 Å². The highest BCUT2D eigenvalue weighted by Crippen LogP contribution is 2.30. The third kappa shape index (κ3) is 3.38. The van der Waals surface area contributed by atoms with Crippen molar-refractivity contribution in [1.29, 1.82) is 0 Å². The Morgan fingerprint density at radius 3 is 2.48 bits per heavy atom. The summed E-state index contributed by atoms with van der Waals surface area (Å²) in [6.45, 7) is 3.82. The van der Waals surface area contributed by atoms with Crippen LogP contribution in [-0.4, -0.2) is 32.8 Å². The van der Waals surface area contributed by atoms with Gasteiger partial charge in [0.2, 0.25) is 5.95 Å². The van der Waals surface area contributed by atoms with Crippen molar-refractivity contribution >= 4 is 5.82 Å². The minimum atomic E-state index is -0.532. The van der Waals surface area contributed by atoms with Crippen molar-refractivity contribution in [2.75, 3.05) is 18.0 Å². The third-order valence-corrected chi connectivity index (χ3v) is 4.68. The fraction of sp³-hybridized carbons (Fsp3) is 0.316. The number of anilines is 1. The van der Waals surface area contributed by atoms with E-state index in [2.05, 4.69) is 50.3 Å².